The van der Waals surface area contributed by atoms with E-state index in [1.165, 1.54) is 0 Å². The fourth-order valence-electron chi connectivity index (χ4n) is 1.25. The topological polar surface area (TPSA) is 41.1 Å². The fourth-order valence-corrected chi connectivity index (χ4v) is 1.77. The average molecular weight is 332 g/mol. The van der Waals surface area contributed by atoms with Gasteiger partial charge in [-0.3, -0.25) is 4.79 Å². The maximum Gasteiger partial charge on any atom is 0.225 e. The van der Waals surface area contributed by atoms with E-state index in [9.17, 15) is 4.79 Å². The molecule has 1 amide bonds. The first-order valence-corrected chi connectivity index (χ1v) is 6.45. The lowest BCUT2D eigenvalue weighted by Gasteiger charge is -2.09. The second-order valence-electron chi connectivity index (χ2n) is 3.89. The fraction of sp³-hybridized carbons (Fsp3) is 0.417. The van der Waals surface area contributed by atoms with E-state index in [0.717, 1.165) is 9.26 Å². The summed E-state index contributed by atoms with van der Waals surface area (Å²) in [5, 5.41) is 6.11. The molecule has 0 spiro atoms. The minimum Gasteiger partial charge on any atom is -0.325 e. The number of benzene rings is 1. The van der Waals surface area contributed by atoms with Crippen molar-refractivity contribution in [1.82, 2.24) is 5.32 Å². The normalized spacial score (nSPS) is 10.5. The molecule has 0 saturated carbocycles. The van der Waals surface area contributed by atoms with Crippen LogP contribution in [-0.2, 0) is 4.79 Å². The van der Waals surface area contributed by atoms with Crippen LogP contribution >= 0.6 is 22.6 Å². The van der Waals surface area contributed by atoms with Crippen molar-refractivity contribution in [3.05, 3.63) is 27.8 Å². The largest absolute Gasteiger partial charge is 0.325 e. The van der Waals surface area contributed by atoms with Gasteiger partial charge < -0.3 is 10.6 Å². The lowest BCUT2D eigenvalue weighted by atomic mass is 10.3. The Balaban J connectivity index is 2.37. The van der Waals surface area contributed by atoms with E-state index >= 15 is 0 Å². The Morgan fingerprint density at radius 3 is 2.69 bits per heavy atom. The predicted octanol–water partition coefficient (Wildman–Crippen LogP) is 2.62. The number of carbonyl (C=O) groups is 1. The van der Waals surface area contributed by atoms with Crippen LogP contribution in [0.25, 0.3) is 0 Å². The van der Waals surface area contributed by atoms with Crippen molar-refractivity contribution in [2.24, 2.45) is 0 Å². The molecule has 4 heteroatoms. The highest BCUT2D eigenvalue weighted by atomic mass is 127. The van der Waals surface area contributed by atoms with Crippen LogP contribution in [0.5, 0.6) is 0 Å². The smallest absolute Gasteiger partial charge is 0.225 e. The quantitative estimate of drug-likeness (QED) is 0.814. The molecule has 1 rings (SSSR count). The van der Waals surface area contributed by atoms with E-state index in [2.05, 4.69) is 47.1 Å². The van der Waals surface area contributed by atoms with Gasteiger partial charge in [0.1, 0.15) is 0 Å². The van der Waals surface area contributed by atoms with Crippen LogP contribution in [0, 0.1) is 3.57 Å². The molecule has 0 aliphatic heterocycles. The van der Waals surface area contributed by atoms with Crippen molar-refractivity contribution in [2.75, 3.05) is 11.9 Å². The Morgan fingerprint density at radius 1 is 1.38 bits per heavy atom. The summed E-state index contributed by atoms with van der Waals surface area (Å²) in [7, 11) is 0. The van der Waals surface area contributed by atoms with Gasteiger partial charge in [-0.1, -0.05) is 26.0 Å². The summed E-state index contributed by atoms with van der Waals surface area (Å²) in [5.74, 6) is 0.0530. The molecule has 0 aliphatic rings. The molecule has 0 bridgehead atoms. The predicted molar refractivity (Wildman–Crippen MR) is 75.5 cm³/mol. The van der Waals surface area contributed by atoms with Gasteiger partial charge in [-0.15, -0.1) is 0 Å². The summed E-state index contributed by atoms with van der Waals surface area (Å²) >= 11 is 2.21. The molecule has 0 unspecified atom stereocenters. The van der Waals surface area contributed by atoms with Gasteiger partial charge in [-0.05, 0) is 34.7 Å². The summed E-state index contributed by atoms with van der Waals surface area (Å²) in [4.78, 5) is 11.6. The molecular weight excluding hydrogens is 315 g/mol. The molecule has 0 fully saturated rings. The van der Waals surface area contributed by atoms with E-state index in [-0.39, 0.29) is 5.91 Å². The third-order valence-electron chi connectivity index (χ3n) is 2.05. The molecule has 0 heterocycles. The second-order valence-corrected chi connectivity index (χ2v) is 5.05. The van der Waals surface area contributed by atoms with E-state index < -0.39 is 0 Å². The number of amides is 1. The van der Waals surface area contributed by atoms with Gasteiger partial charge in [0.2, 0.25) is 5.91 Å². The van der Waals surface area contributed by atoms with Gasteiger partial charge in [-0.2, -0.15) is 0 Å². The van der Waals surface area contributed by atoms with Crippen LogP contribution in [-0.4, -0.2) is 18.5 Å². The van der Waals surface area contributed by atoms with Crippen molar-refractivity contribution in [3.8, 4) is 0 Å². The molecule has 0 atom stereocenters. The summed E-state index contributed by atoms with van der Waals surface area (Å²) in [6, 6.07) is 8.18. The van der Waals surface area contributed by atoms with Crippen LogP contribution in [0.15, 0.2) is 24.3 Å². The van der Waals surface area contributed by atoms with Crippen LogP contribution in [0.1, 0.15) is 20.3 Å². The van der Waals surface area contributed by atoms with E-state index in [0.29, 0.717) is 19.0 Å². The highest BCUT2D eigenvalue weighted by Crippen LogP contribution is 2.16. The van der Waals surface area contributed by atoms with Gasteiger partial charge in [0.15, 0.2) is 0 Å². The maximum absolute atomic E-state index is 11.6. The number of anilines is 1. The van der Waals surface area contributed by atoms with Crippen LogP contribution in [0.3, 0.4) is 0 Å². The molecular formula is C12H17IN2O. The van der Waals surface area contributed by atoms with Crippen molar-refractivity contribution >= 4 is 34.2 Å². The lowest BCUT2D eigenvalue weighted by Crippen LogP contribution is -2.27. The van der Waals surface area contributed by atoms with Gasteiger partial charge in [0.05, 0.1) is 5.69 Å². The second kappa shape index (κ2) is 6.85. The third-order valence-corrected chi connectivity index (χ3v) is 2.99. The summed E-state index contributed by atoms with van der Waals surface area (Å²) in [5.41, 5.74) is 0.887. The number of halogens is 1. The maximum atomic E-state index is 11.6. The molecule has 1 aromatic carbocycles. The minimum absolute atomic E-state index is 0.0530. The molecule has 16 heavy (non-hydrogen) atoms. The summed E-state index contributed by atoms with van der Waals surface area (Å²) < 4.78 is 1.06. The molecule has 0 aromatic heterocycles. The van der Waals surface area contributed by atoms with Crippen molar-refractivity contribution < 1.29 is 4.79 Å². The monoisotopic (exact) mass is 332 g/mol. The number of para-hydroxylation sites is 1. The zero-order valence-electron chi connectivity index (χ0n) is 9.59. The molecule has 0 radical (unpaired) electrons. The number of nitrogens with one attached hydrogen (secondary N) is 2. The van der Waals surface area contributed by atoms with E-state index in [1.54, 1.807) is 0 Å². The Morgan fingerprint density at radius 2 is 2.06 bits per heavy atom. The standard InChI is InChI=1S/C12H17IN2O/c1-9(2)14-8-7-12(16)15-11-6-4-3-5-10(11)13/h3-6,9,14H,7-8H2,1-2H3,(H,15,16). The van der Waals surface area contributed by atoms with Gasteiger partial charge in [0, 0.05) is 22.6 Å². The summed E-state index contributed by atoms with van der Waals surface area (Å²) in [6.45, 7) is 4.85. The number of hydrogen-bond donors (Lipinski definition) is 2. The Hall–Kier alpha value is -0.620. The number of carbonyl (C=O) groups excluding carboxylic acids is 1. The molecule has 2 N–H and O–H groups in total. The zero-order chi connectivity index (χ0) is 12.0. The van der Waals surface area contributed by atoms with Gasteiger partial charge in [-0.25, -0.2) is 0 Å². The highest BCUT2D eigenvalue weighted by Gasteiger charge is 2.04. The molecule has 88 valence electrons. The SMILES string of the molecule is CC(C)NCCC(=O)Nc1ccccc1I. The average Bonchev–Trinajstić information content (AvgIpc) is 2.21. The molecule has 1 aromatic rings. The number of hydrogen-bond acceptors (Lipinski definition) is 2. The molecule has 3 nitrogen and oxygen atoms in total. The lowest BCUT2D eigenvalue weighted by molar-refractivity contribution is -0.116. The highest BCUT2D eigenvalue weighted by molar-refractivity contribution is 14.1. The van der Waals surface area contributed by atoms with Crippen LogP contribution < -0.4 is 10.6 Å². The molecule has 0 saturated heterocycles. The first kappa shape index (κ1) is 13.4. The molecule has 0 aliphatic carbocycles. The Bertz CT molecular complexity index is 353. The van der Waals surface area contributed by atoms with Crippen LogP contribution in [0.2, 0.25) is 0 Å². The Labute approximate surface area is 110 Å². The van der Waals surface area contributed by atoms with E-state index in [4.69, 9.17) is 0 Å². The van der Waals surface area contributed by atoms with Crippen molar-refractivity contribution in [1.29, 1.82) is 0 Å². The van der Waals surface area contributed by atoms with Gasteiger partial charge in [0.25, 0.3) is 0 Å². The third kappa shape index (κ3) is 4.94. The first-order chi connectivity index (χ1) is 7.59. The first-order valence-electron chi connectivity index (χ1n) is 5.37. The van der Waals surface area contributed by atoms with E-state index in [1.807, 2.05) is 24.3 Å². The Kier molecular flexibility index (Phi) is 5.76. The van der Waals surface area contributed by atoms with Crippen LogP contribution in [0.4, 0.5) is 5.69 Å². The number of rotatable bonds is 5. The van der Waals surface area contributed by atoms with Crippen molar-refractivity contribution in [3.63, 3.8) is 0 Å². The van der Waals surface area contributed by atoms with Gasteiger partial charge >= 0.3 is 0 Å². The van der Waals surface area contributed by atoms with Crippen molar-refractivity contribution in [2.45, 2.75) is 26.3 Å². The zero-order valence-corrected chi connectivity index (χ0v) is 11.7. The minimum atomic E-state index is 0.0530. The summed E-state index contributed by atoms with van der Waals surface area (Å²) in [6.07, 6.45) is 0.503.